The van der Waals surface area contributed by atoms with Gasteiger partial charge in [-0.15, -0.1) is 0 Å². The van der Waals surface area contributed by atoms with Crippen LogP contribution in [0, 0.1) is 13.8 Å². The molecule has 1 aromatic rings. The van der Waals surface area contributed by atoms with E-state index in [9.17, 15) is 9.59 Å². The molecule has 1 aliphatic heterocycles. The first kappa shape index (κ1) is 17.8. The third-order valence-electron chi connectivity index (χ3n) is 4.50. The standard InChI is InChI=1S/C17H23ClN2O3/c1-11-9-14(18)12(2)8-13(11)15(21)20-7-5-6-17(20,10-23-4)16(22)19-3/h8-9H,5-7,10H2,1-4H3,(H,19,22). The number of likely N-dealkylation sites (N-methyl/N-ethyl adjacent to an activating group) is 1. The zero-order valence-electron chi connectivity index (χ0n) is 14.0. The number of methoxy groups -OCH3 is 1. The summed E-state index contributed by atoms with van der Waals surface area (Å²) in [5, 5.41) is 3.30. The molecule has 1 unspecified atom stereocenters. The van der Waals surface area contributed by atoms with E-state index in [1.807, 2.05) is 13.8 Å². The first-order valence-corrected chi connectivity index (χ1v) is 8.05. The highest BCUT2D eigenvalue weighted by Gasteiger charge is 2.49. The molecule has 2 amide bonds. The smallest absolute Gasteiger partial charge is 0.255 e. The zero-order valence-corrected chi connectivity index (χ0v) is 14.8. The monoisotopic (exact) mass is 338 g/mol. The lowest BCUT2D eigenvalue weighted by Gasteiger charge is -2.36. The van der Waals surface area contributed by atoms with Crippen molar-refractivity contribution in [2.45, 2.75) is 32.2 Å². The predicted molar refractivity (Wildman–Crippen MR) is 89.9 cm³/mol. The largest absolute Gasteiger partial charge is 0.382 e. The Hall–Kier alpha value is -1.59. The van der Waals surface area contributed by atoms with Crippen molar-refractivity contribution < 1.29 is 14.3 Å². The van der Waals surface area contributed by atoms with Crippen molar-refractivity contribution >= 4 is 23.4 Å². The number of benzene rings is 1. The second-order valence-electron chi connectivity index (χ2n) is 6.02. The Morgan fingerprint density at radius 1 is 1.35 bits per heavy atom. The summed E-state index contributed by atoms with van der Waals surface area (Å²) < 4.78 is 5.27. The molecule has 0 saturated carbocycles. The van der Waals surface area contributed by atoms with Gasteiger partial charge < -0.3 is 15.0 Å². The van der Waals surface area contributed by atoms with Gasteiger partial charge in [0, 0.05) is 31.3 Å². The minimum atomic E-state index is -0.944. The second kappa shape index (κ2) is 6.89. The van der Waals surface area contributed by atoms with Crippen molar-refractivity contribution in [1.82, 2.24) is 10.2 Å². The molecular weight excluding hydrogens is 316 g/mol. The van der Waals surface area contributed by atoms with Crippen LogP contribution in [-0.4, -0.2) is 49.6 Å². The summed E-state index contributed by atoms with van der Waals surface area (Å²) in [5.74, 6) is -0.339. The molecule has 1 fully saturated rings. The third kappa shape index (κ3) is 3.08. The van der Waals surface area contributed by atoms with Crippen molar-refractivity contribution in [2.24, 2.45) is 0 Å². The number of hydrogen-bond donors (Lipinski definition) is 1. The highest BCUT2D eigenvalue weighted by atomic mass is 35.5. The number of rotatable bonds is 4. The zero-order chi connectivity index (χ0) is 17.2. The van der Waals surface area contributed by atoms with Gasteiger partial charge in [-0.3, -0.25) is 9.59 Å². The predicted octanol–water partition coefficient (Wildman–Crippen LogP) is 2.32. The SMILES string of the molecule is CNC(=O)C1(COC)CCCN1C(=O)c1cc(C)c(Cl)cc1C. The Morgan fingerprint density at radius 2 is 2.04 bits per heavy atom. The van der Waals surface area contributed by atoms with Gasteiger partial charge in [0.1, 0.15) is 5.54 Å². The van der Waals surface area contributed by atoms with Crippen LogP contribution in [0.3, 0.4) is 0 Å². The molecule has 1 aromatic carbocycles. The molecule has 5 nitrogen and oxygen atoms in total. The molecule has 126 valence electrons. The summed E-state index contributed by atoms with van der Waals surface area (Å²) in [4.78, 5) is 27.2. The number of hydrogen-bond acceptors (Lipinski definition) is 3. The molecule has 1 saturated heterocycles. The molecular formula is C17H23ClN2O3. The number of aryl methyl sites for hydroxylation is 2. The topological polar surface area (TPSA) is 58.6 Å². The third-order valence-corrected chi connectivity index (χ3v) is 4.91. The van der Waals surface area contributed by atoms with E-state index in [1.165, 1.54) is 0 Å². The van der Waals surface area contributed by atoms with Crippen LogP contribution in [-0.2, 0) is 9.53 Å². The number of ether oxygens (including phenoxy) is 1. The molecule has 0 aromatic heterocycles. The van der Waals surface area contributed by atoms with Gasteiger partial charge in [-0.2, -0.15) is 0 Å². The van der Waals surface area contributed by atoms with Gasteiger partial charge in [0.05, 0.1) is 6.61 Å². The van der Waals surface area contributed by atoms with Gasteiger partial charge in [0.2, 0.25) is 5.91 Å². The number of nitrogens with zero attached hydrogens (tertiary/aromatic N) is 1. The Labute approximate surface area is 141 Å². The molecule has 1 heterocycles. The van der Waals surface area contributed by atoms with E-state index in [-0.39, 0.29) is 18.4 Å². The molecule has 2 rings (SSSR count). The molecule has 0 bridgehead atoms. The van der Waals surface area contributed by atoms with E-state index < -0.39 is 5.54 Å². The maximum Gasteiger partial charge on any atom is 0.255 e. The fourth-order valence-corrected chi connectivity index (χ4v) is 3.47. The van der Waals surface area contributed by atoms with E-state index in [0.717, 1.165) is 17.5 Å². The van der Waals surface area contributed by atoms with Crippen molar-refractivity contribution in [3.05, 3.63) is 33.8 Å². The molecule has 6 heteroatoms. The van der Waals surface area contributed by atoms with Gasteiger partial charge >= 0.3 is 0 Å². The number of nitrogens with one attached hydrogen (secondary N) is 1. The van der Waals surface area contributed by atoms with Gasteiger partial charge in [-0.05, 0) is 49.9 Å². The number of halogens is 1. The van der Waals surface area contributed by atoms with Gasteiger partial charge in [0.15, 0.2) is 0 Å². The highest BCUT2D eigenvalue weighted by Crippen LogP contribution is 2.33. The van der Waals surface area contributed by atoms with E-state index in [4.69, 9.17) is 16.3 Å². The van der Waals surface area contributed by atoms with Crippen LogP contribution in [0.15, 0.2) is 12.1 Å². The normalized spacial score (nSPS) is 20.7. The summed E-state index contributed by atoms with van der Waals surface area (Å²) in [6.07, 6.45) is 1.37. The number of carbonyl (C=O) groups excluding carboxylic acids is 2. The summed E-state index contributed by atoms with van der Waals surface area (Å²) in [5.41, 5.74) is 1.29. The lowest BCUT2D eigenvalue weighted by molar-refractivity contribution is -0.133. The molecule has 1 aliphatic rings. The van der Waals surface area contributed by atoms with Crippen molar-refractivity contribution in [3.8, 4) is 0 Å². The van der Waals surface area contributed by atoms with Crippen LogP contribution in [0.25, 0.3) is 0 Å². The minimum absolute atomic E-state index is 0.152. The van der Waals surface area contributed by atoms with Crippen LogP contribution < -0.4 is 5.32 Å². The van der Waals surface area contributed by atoms with Crippen LogP contribution in [0.2, 0.25) is 5.02 Å². The Bertz CT molecular complexity index is 633. The van der Waals surface area contributed by atoms with E-state index in [1.54, 1.807) is 31.2 Å². The van der Waals surface area contributed by atoms with Crippen molar-refractivity contribution in [1.29, 1.82) is 0 Å². The first-order valence-electron chi connectivity index (χ1n) is 7.67. The van der Waals surface area contributed by atoms with Gasteiger partial charge in [0.25, 0.3) is 5.91 Å². The molecule has 1 N–H and O–H groups in total. The van der Waals surface area contributed by atoms with Crippen LogP contribution in [0.4, 0.5) is 0 Å². The minimum Gasteiger partial charge on any atom is -0.382 e. The average Bonchev–Trinajstić information content (AvgIpc) is 2.94. The highest BCUT2D eigenvalue weighted by molar-refractivity contribution is 6.31. The number of amides is 2. The Morgan fingerprint density at radius 3 is 2.65 bits per heavy atom. The summed E-state index contributed by atoms with van der Waals surface area (Å²) >= 11 is 6.12. The summed E-state index contributed by atoms with van der Waals surface area (Å²) in [7, 11) is 3.13. The number of likely N-dealkylation sites (tertiary alicyclic amines) is 1. The first-order chi connectivity index (χ1) is 10.9. The van der Waals surface area contributed by atoms with Crippen molar-refractivity contribution in [3.63, 3.8) is 0 Å². The number of carbonyl (C=O) groups is 2. The van der Waals surface area contributed by atoms with E-state index in [0.29, 0.717) is 23.6 Å². The molecule has 0 aliphatic carbocycles. The van der Waals surface area contributed by atoms with Crippen LogP contribution in [0.5, 0.6) is 0 Å². The molecule has 1 atom stereocenters. The molecule has 0 spiro atoms. The fraction of sp³-hybridized carbons (Fsp3) is 0.529. The molecule has 0 radical (unpaired) electrons. The van der Waals surface area contributed by atoms with Gasteiger partial charge in [-0.25, -0.2) is 0 Å². The fourth-order valence-electron chi connectivity index (χ4n) is 3.25. The second-order valence-corrected chi connectivity index (χ2v) is 6.43. The van der Waals surface area contributed by atoms with E-state index >= 15 is 0 Å². The lowest BCUT2D eigenvalue weighted by atomic mass is 9.94. The Balaban J connectivity index is 2.44. The quantitative estimate of drug-likeness (QED) is 0.916. The van der Waals surface area contributed by atoms with Gasteiger partial charge in [-0.1, -0.05) is 11.6 Å². The van der Waals surface area contributed by atoms with Crippen LogP contribution in [0.1, 0.15) is 34.3 Å². The van der Waals surface area contributed by atoms with E-state index in [2.05, 4.69) is 5.32 Å². The van der Waals surface area contributed by atoms with Crippen molar-refractivity contribution in [2.75, 3.05) is 27.3 Å². The summed E-state index contributed by atoms with van der Waals surface area (Å²) in [6, 6.07) is 3.58. The van der Waals surface area contributed by atoms with Crippen LogP contribution >= 0.6 is 11.6 Å². The lowest BCUT2D eigenvalue weighted by Crippen LogP contribution is -2.59. The summed E-state index contributed by atoms with van der Waals surface area (Å²) in [6.45, 7) is 4.44. The maximum absolute atomic E-state index is 13.1. The maximum atomic E-state index is 13.1. The molecule has 23 heavy (non-hydrogen) atoms. The average molecular weight is 339 g/mol. The Kier molecular flexibility index (Phi) is 5.32.